The Morgan fingerprint density at radius 3 is 2.79 bits per heavy atom. The van der Waals surface area contributed by atoms with Crippen molar-refractivity contribution in [2.45, 2.75) is 45.6 Å². The molecule has 102 valence electrons. The van der Waals surface area contributed by atoms with E-state index in [4.69, 9.17) is 5.73 Å². The number of tetrazole rings is 1. The molecule has 0 bridgehead atoms. The van der Waals surface area contributed by atoms with Gasteiger partial charge in [0.15, 0.2) is 5.82 Å². The largest absolute Gasteiger partial charge is 0.398 e. The minimum Gasteiger partial charge on any atom is -0.398 e. The lowest BCUT2D eigenvalue weighted by molar-refractivity contribution is 0.432. The summed E-state index contributed by atoms with van der Waals surface area (Å²) in [6.07, 6.45) is 4.75. The highest BCUT2D eigenvalue weighted by molar-refractivity contribution is 5.71. The molecule has 2 aromatic rings. The van der Waals surface area contributed by atoms with E-state index in [-0.39, 0.29) is 6.04 Å². The Labute approximate surface area is 113 Å². The zero-order chi connectivity index (χ0) is 13.7. The van der Waals surface area contributed by atoms with E-state index in [2.05, 4.69) is 29.4 Å². The highest BCUT2D eigenvalue weighted by atomic mass is 15.5. The summed E-state index contributed by atoms with van der Waals surface area (Å²) in [5.74, 6) is 0.752. The van der Waals surface area contributed by atoms with Crippen molar-refractivity contribution in [3.05, 3.63) is 24.3 Å². The number of nitrogens with zero attached hydrogens (tertiary/aromatic N) is 4. The number of hydrogen-bond acceptors (Lipinski definition) is 4. The second-order valence-electron chi connectivity index (χ2n) is 4.88. The lowest BCUT2D eigenvalue weighted by atomic mass is 10.1. The summed E-state index contributed by atoms with van der Waals surface area (Å²) in [6.45, 7) is 4.35. The van der Waals surface area contributed by atoms with Gasteiger partial charge in [0.1, 0.15) is 0 Å². The average molecular weight is 259 g/mol. The number of rotatable bonds is 6. The van der Waals surface area contributed by atoms with E-state index in [9.17, 15) is 0 Å². The Hall–Kier alpha value is -1.91. The van der Waals surface area contributed by atoms with Gasteiger partial charge in [0, 0.05) is 11.3 Å². The molecule has 2 N–H and O–H groups in total. The van der Waals surface area contributed by atoms with E-state index in [1.165, 1.54) is 19.3 Å². The van der Waals surface area contributed by atoms with Crippen molar-refractivity contribution in [1.82, 2.24) is 20.2 Å². The standard InChI is InChI=1S/C14H21N5/c1-3-4-5-8-11(2)19-14(16-17-18-19)12-9-6-7-10-13(12)15/h6-7,9-11H,3-5,8,15H2,1-2H3. The molecule has 0 amide bonds. The molecule has 1 aromatic carbocycles. The second kappa shape index (κ2) is 6.31. The maximum Gasteiger partial charge on any atom is 0.184 e. The fraction of sp³-hybridized carbons (Fsp3) is 0.500. The van der Waals surface area contributed by atoms with Crippen molar-refractivity contribution in [2.75, 3.05) is 5.73 Å². The van der Waals surface area contributed by atoms with E-state index in [1.807, 2.05) is 28.9 Å². The summed E-state index contributed by atoms with van der Waals surface area (Å²) in [5, 5.41) is 12.0. The first-order valence-electron chi connectivity index (χ1n) is 6.86. The summed E-state index contributed by atoms with van der Waals surface area (Å²) >= 11 is 0. The lowest BCUT2D eigenvalue weighted by Crippen LogP contribution is -2.09. The quantitative estimate of drug-likeness (QED) is 0.639. The molecule has 5 nitrogen and oxygen atoms in total. The Balaban J connectivity index is 2.20. The van der Waals surface area contributed by atoms with Gasteiger partial charge in [0.05, 0.1) is 6.04 Å². The molecule has 2 rings (SSSR count). The number of anilines is 1. The van der Waals surface area contributed by atoms with Crippen molar-refractivity contribution in [2.24, 2.45) is 0 Å². The predicted molar refractivity (Wildman–Crippen MR) is 76.5 cm³/mol. The minimum absolute atomic E-state index is 0.288. The van der Waals surface area contributed by atoms with Gasteiger partial charge in [0.25, 0.3) is 0 Å². The first kappa shape index (κ1) is 13.5. The van der Waals surface area contributed by atoms with Crippen molar-refractivity contribution in [1.29, 1.82) is 0 Å². The van der Waals surface area contributed by atoms with Crippen LogP contribution in [0.4, 0.5) is 5.69 Å². The van der Waals surface area contributed by atoms with Gasteiger partial charge in [-0.05, 0) is 35.9 Å². The van der Waals surface area contributed by atoms with E-state index in [1.54, 1.807) is 0 Å². The van der Waals surface area contributed by atoms with Gasteiger partial charge in [-0.25, -0.2) is 4.68 Å². The number of para-hydroxylation sites is 1. The van der Waals surface area contributed by atoms with E-state index >= 15 is 0 Å². The van der Waals surface area contributed by atoms with Crippen LogP contribution in [0.5, 0.6) is 0 Å². The van der Waals surface area contributed by atoms with Gasteiger partial charge in [-0.15, -0.1) is 5.10 Å². The molecule has 0 aliphatic heterocycles. The molecule has 0 aliphatic carbocycles. The fourth-order valence-electron chi connectivity index (χ4n) is 2.18. The topological polar surface area (TPSA) is 69.6 Å². The van der Waals surface area contributed by atoms with Crippen LogP contribution in [0.2, 0.25) is 0 Å². The summed E-state index contributed by atoms with van der Waals surface area (Å²) in [4.78, 5) is 0. The zero-order valence-electron chi connectivity index (χ0n) is 11.6. The van der Waals surface area contributed by atoms with Gasteiger partial charge >= 0.3 is 0 Å². The van der Waals surface area contributed by atoms with Gasteiger partial charge < -0.3 is 5.73 Å². The van der Waals surface area contributed by atoms with Crippen LogP contribution in [0.15, 0.2) is 24.3 Å². The normalized spacial score (nSPS) is 12.5. The summed E-state index contributed by atoms with van der Waals surface area (Å²) in [5.41, 5.74) is 7.60. The molecule has 1 aromatic heterocycles. The Kier molecular flexibility index (Phi) is 4.49. The fourth-order valence-corrected chi connectivity index (χ4v) is 2.18. The van der Waals surface area contributed by atoms with E-state index < -0.39 is 0 Å². The van der Waals surface area contributed by atoms with Gasteiger partial charge in [0.2, 0.25) is 0 Å². The maximum absolute atomic E-state index is 5.99. The molecule has 1 heterocycles. The molecule has 0 fully saturated rings. The van der Waals surface area contributed by atoms with Crippen LogP contribution in [0.25, 0.3) is 11.4 Å². The SMILES string of the molecule is CCCCCC(C)n1nnnc1-c1ccccc1N. The molecule has 0 spiro atoms. The lowest BCUT2D eigenvalue weighted by Gasteiger charge is -2.13. The first-order valence-corrected chi connectivity index (χ1v) is 6.86. The van der Waals surface area contributed by atoms with Crippen molar-refractivity contribution < 1.29 is 0 Å². The summed E-state index contributed by atoms with van der Waals surface area (Å²) in [6, 6.07) is 7.98. The third-order valence-electron chi connectivity index (χ3n) is 3.34. The van der Waals surface area contributed by atoms with Crippen LogP contribution in [-0.4, -0.2) is 20.2 Å². The van der Waals surface area contributed by atoms with Crippen LogP contribution in [0, 0.1) is 0 Å². The molecule has 0 saturated heterocycles. The van der Waals surface area contributed by atoms with Crippen LogP contribution >= 0.6 is 0 Å². The van der Waals surface area contributed by atoms with Gasteiger partial charge in [-0.1, -0.05) is 38.3 Å². The first-order chi connectivity index (χ1) is 9.24. The molecular formula is C14H21N5. The van der Waals surface area contributed by atoms with Crippen LogP contribution in [-0.2, 0) is 0 Å². The van der Waals surface area contributed by atoms with Crippen LogP contribution in [0.3, 0.4) is 0 Å². The predicted octanol–water partition coefficient (Wildman–Crippen LogP) is 3.06. The third kappa shape index (κ3) is 3.10. The summed E-state index contributed by atoms with van der Waals surface area (Å²) in [7, 11) is 0. The molecule has 1 unspecified atom stereocenters. The van der Waals surface area contributed by atoms with E-state index in [0.29, 0.717) is 5.69 Å². The Morgan fingerprint density at radius 2 is 2.05 bits per heavy atom. The minimum atomic E-state index is 0.288. The van der Waals surface area contributed by atoms with Crippen molar-refractivity contribution in [3.8, 4) is 11.4 Å². The van der Waals surface area contributed by atoms with Crippen LogP contribution in [0.1, 0.15) is 45.6 Å². The molecule has 1 atom stereocenters. The molecule has 5 heteroatoms. The third-order valence-corrected chi connectivity index (χ3v) is 3.34. The highest BCUT2D eigenvalue weighted by Crippen LogP contribution is 2.26. The van der Waals surface area contributed by atoms with Crippen LogP contribution < -0.4 is 5.73 Å². The summed E-state index contributed by atoms with van der Waals surface area (Å²) < 4.78 is 1.88. The molecule has 0 saturated carbocycles. The number of benzene rings is 1. The average Bonchev–Trinajstić information content (AvgIpc) is 2.88. The van der Waals surface area contributed by atoms with Gasteiger partial charge in [-0.2, -0.15) is 0 Å². The van der Waals surface area contributed by atoms with Crippen molar-refractivity contribution >= 4 is 5.69 Å². The number of aromatic nitrogens is 4. The number of nitrogens with two attached hydrogens (primary N) is 1. The molecule has 0 aliphatic rings. The second-order valence-corrected chi connectivity index (χ2v) is 4.88. The molecular weight excluding hydrogens is 238 g/mol. The Morgan fingerprint density at radius 1 is 1.26 bits per heavy atom. The van der Waals surface area contributed by atoms with Crippen molar-refractivity contribution in [3.63, 3.8) is 0 Å². The maximum atomic E-state index is 5.99. The highest BCUT2D eigenvalue weighted by Gasteiger charge is 2.15. The van der Waals surface area contributed by atoms with E-state index in [0.717, 1.165) is 17.8 Å². The number of nitrogen functional groups attached to an aromatic ring is 1. The Bertz CT molecular complexity index is 520. The molecule has 19 heavy (non-hydrogen) atoms. The monoisotopic (exact) mass is 259 g/mol. The number of hydrogen-bond donors (Lipinski definition) is 1. The zero-order valence-corrected chi connectivity index (χ0v) is 11.6. The molecule has 0 radical (unpaired) electrons. The number of unbranched alkanes of at least 4 members (excludes halogenated alkanes) is 2. The van der Waals surface area contributed by atoms with Gasteiger partial charge in [-0.3, -0.25) is 0 Å². The smallest absolute Gasteiger partial charge is 0.184 e.